The molecular weight excluding hydrogens is 386 g/mol. The standard InChI is InChI=1S/C15H19BrClN3O3/c16-12-2-3-14(13(17)10-12)23-9-1-4-18-15(22)20-7-5-19(11-21)6-8-20/h2-3,10-11H,1,4-9H2,(H,18,22). The smallest absolute Gasteiger partial charge is 0.317 e. The molecule has 126 valence electrons. The third-order valence-electron chi connectivity index (χ3n) is 3.50. The van der Waals surface area contributed by atoms with E-state index in [9.17, 15) is 9.59 Å². The van der Waals surface area contributed by atoms with Gasteiger partial charge in [0.05, 0.1) is 11.6 Å². The molecule has 0 aliphatic carbocycles. The highest BCUT2D eigenvalue weighted by Gasteiger charge is 2.19. The zero-order valence-corrected chi connectivity index (χ0v) is 15.0. The highest BCUT2D eigenvalue weighted by atomic mass is 79.9. The first-order chi connectivity index (χ1) is 11.1. The van der Waals surface area contributed by atoms with E-state index in [1.165, 1.54) is 0 Å². The fourth-order valence-electron chi connectivity index (χ4n) is 2.18. The molecule has 3 amide bonds. The Bertz CT molecular complexity index is 551. The van der Waals surface area contributed by atoms with Crippen molar-refractivity contribution in [2.24, 2.45) is 0 Å². The van der Waals surface area contributed by atoms with Gasteiger partial charge >= 0.3 is 6.03 Å². The summed E-state index contributed by atoms with van der Waals surface area (Å²) in [6.45, 7) is 3.30. The van der Waals surface area contributed by atoms with Gasteiger partial charge in [-0.3, -0.25) is 4.79 Å². The van der Waals surface area contributed by atoms with Crippen molar-refractivity contribution in [2.45, 2.75) is 6.42 Å². The first-order valence-electron chi connectivity index (χ1n) is 7.40. The van der Waals surface area contributed by atoms with Crippen molar-refractivity contribution in [1.29, 1.82) is 0 Å². The molecule has 1 heterocycles. The largest absolute Gasteiger partial charge is 0.492 e. The van der Waals surface area contributed by atoms with E-state index in [2.05, 4.69) is 21.2 Å². The molecular formula is C15H19BrClN3O3. The van der Waals surface area contributed by atoms with Gasteiger partial charge in [-0.25, -0.2) is 4.79 Å². The van der Waals surface area contributed by atoms with Gasteiger partial charge in [0.2, 0.25) is 6.41 Å². The number of piperazine rings is 1. The normalized spacial score (nSPS) is 14.5. The van der Waals surface area contributed by atoms with Crippen LogP contribution in [0, 0.1) is 0 Å². The van der Waals surface area contributed by atoms with Gasteiger partial charge in [-0.2, -0.15) is 0 Å². The van der Waals surface area contributed by atoms with Crippen molar-refractivity contribution < 1.29 is 14.3 Å². The first kappa shape index (κ1) is 17.9. The zero-order chi connectivity index (χ0) is 16.7. The number of rotatable bonds is 6. The molecule has 23 heavy (non-hydrogen) atoms. The molecule has 1 fully saturated rings. The number of hydrogen-bond acceptors (Lipinski definition) is 3. The lowest BCUT2D eigenvalue weighted by molar-refractivity contribution is -0.119. The van der Waals surface area contributed by atoms with Gasteiger partial charge in [-0.15, -0.1) is 0 Å². The lowest BCUT2D eigenvalue weighted by atomic mass is 10.3. The second kappa shape index (κ2) is 8.98. The third-order valence-corrected chi connectivity index (χ3v) is 4.29. The Morgan fingerprint density at radius 2 is 2.09 bits per heavy atom. The van der Waals surface area contributed by atoms with E-state index in [0.717, 1.165) is 10.9 Å². The van der Waals surface area contributed by atoms with Gasteiger partial charge in [-0.05, 0) is 24.6 Å². The van der Waals surface area contributed by atoms with Crippen molar-refractivity contribution in [3.8, 4) is 5.75 Å². The van der Waals surface area contributed by atoms with Crippen molar-refractivity contribution in [1.82, 2.24) is 15.1 Å². The lowest BCUT2D eigenvalue weighted by Gasteiger charge is -2.32. The molecule has 1 saturated heterocycles. The van der Waals surface area contributed by atoms with Gasteiger partial charge in [-0.1, -0.05) is 27.5 Å². The molecule has 1 aromatic rings. The van der Waals surface area contributed by atoms with Crippen molar-refractivity contribution >= 4 is 40.0 Å². The van der Waals surface area contributed by atoms with Crippen LogP contribution < -0.4 is 10.1 Å². The Labute approximate surface area is 148 Å². The van der Waals surface area contributed by atoms with Crippen LogP contribution >= 0.6 is 27.5 Å². The number of halogens is 2. The second-order valence-electron chi connectivity index (χ2n) is 5.14. The van der Waals surface area contributed by atoms with Gasteiger partial charge in [0, 0.05) is 37.2 Å². The number of hydrogen-bond donors (Lipinski definition) is 1. The molecule has 0 saturated carbocycles. The fraction of sp³-hybridized carbons (Fsp3) is 0.467. The molecule has 1 aromatic carbocycles. The Balaban J connectivity index is 1.62. The van der Waals surface area contributed by atoms with Crippen LogP contribution in [0.15, 0.2) is 22.7 Å². The summed E-state index contributed by atoms with van der Waals surface area (Å²) in [4.78, 5) is 26.0. The van der Waals surface area contributed by atoms with E-state index in [4.69, 9.17) is 16.3 Å². The van der Waals surface area contributed by atoms with E-state index in [1.807, 2.05) is 6.07 Å². The van der Waals surface area contributed by atoms with Crippen molar-refractivity contribution in [2.75, 3.05) is 39.3 Å². The summed E-state index contributed by atoms with van der Waals surface area (Å²) >= 11 is 9.39. The van der Waals surface area contributed by atoms with Crippen LogP contribution in [0.2, 0.25) is 5.02 Å². The van der Waals surface area contributed by atoms with E-state index < -0.39 is 0 Å². The quantitative estimate of drug-likeness (QED) is 0.585. The predicted octanol–water partition coefficient (Wildman–Crippen LogP) is 2.35. The number of nitrogens with one attached hydrogen (secondary N) is 1. The van der Waals surface area contributed by atoms with Gasteiger partial charge in [0.15, 0.2) is 0 Å². The molecule has 0 radical (unpaired) electrons. The minimum Gasteiger partial charge on any atom is -0.492 e. The summed E-state index contributed by atoms with van der Waals surface area (Å²) < 4.78 is 6.48. The Hall–Kier alpha value is -1.47. The molecule has 1 N–H and O–H groups in total. The molecule has 2 rings (SSSR count). The van der Waals surface area contributed by atoms with E-state index in [-0.39, 0.29) is 6.03 Å². The molecule has 1 aliphatic rings. The van der Waals surface area contributed by atoms with Gasteiger partial charge in [0.25, 0.3) is 0 Å². The summed E-state index contributed by atoms with van der Waals surface area (Å²) in [5.41, 5.74) is 0. The highest BCUT2D eigenvalue weighted by Crippen LogP contribution is 2.27. The average molecular weight is 405 g/mol. The number of urea groups is 1. The number of carbonyl (C=O) groups is 2. The summed E-state index contributed by atoms with van der Waals surface area (Å²) in [5, 5.41) is 3.41. The summed E-state index contributed by atoms with van der Waals surface area (Å²) in [6.07, 6.45) is 1.51. The van der Waals surface area contributed by atoms with Crippen LogP contribution in [0.25, 0.3) is 0 Å². The van der Waals surface area contributed by atoms with Gasteiger partial charge < -0.3 is 19.9 Å². The molecule has 1 aliphatic heterocycles. The Kier molecular flexibility index (Phi) is 6.98. The summed E-state index contributed by atoms with van der Waals surface area (Å²) in [5.74, 6) is 0.631. The number of benzene rings is 1. The number of carbonyl (C=O) groups excluding carboxylic acids is 2. The number of nitrogens with zero attached hydrogens (tertiary/aromatic N) is 2. The van der Waals surface area contributed by atoms with Crippen molar-refractivity contribution in [3.05, 3.63) is 27.7 Å². The predicted molar refractivity (Wildman–Crippen MR) is 91.9 cm³/mol. The monoisotopic (exact) mass is 403 g/mol. The highest BCUT2D eigenvalue weighted by molar-refractivity contribution is 9.10. The Morgan fingerprint density at radius 3 is 2.74 bits per heavy atom. The van der Waals surface area contributed by atoms with E-state index in [1.54, 1.807) is 21.9 Å². The van der Waals surface area contributed by atoms with Crippen LogP contribution in [0.3, 0.4) is 0 Å². The summed E-state index contributed by atoms with van der Waals surface area (Å²) in [6, 6.07) is 5.34. The molecule has 0 atom stereocenters. The van der Waals surface area contributed by atoms with Gasteiger partial charge in [0.1, 0.15) is 5.75 Å². The minimum absolute atomic E-state index is 0.0998. The van der Waals surface area contributed by atoms with Crippen LogP contribution in [0.4, 0.5) is 4.79 Å². The topological polar surface area (TPSA) is 61.9 Å². The van der Waals surface area contributed by atoms with Crippen LogP contribution in [0.1, 0.15) is 6.42 Å². The SMILES string of the molecule is O=CN1CCN(C(=O)NCCCOc2ccc(Br)cc2Cl)CC1. The molecule has 0 spiro atoms. The van der Waals surface area contributed by atoms with Crippen LogP contribution in [0.5, 0.6) is 5.75 Å². The Morgan fingerprint density at radius 1 is 1.35 bits per heavy atom. The number of ether oxygens (including phenoxy) is 1. The summed E-state index contributed by atoms with van der Waals surface area (Å²) in [7, 11) is 0. The maximum Gasteiger partial charge on any atom is 0.317 e. The zero-order valence-electron chi connectivity index (χ0n) is 12.6. The molecule has 8 heteroatoms. The third kappa shape index (κ3) is 5.58. The average Bonchev–Trinajstić information content (AvgIpc) is 2.56. The molecule has 0 bridgehead atoms. The maximum atomic E-state index is 12.0. The second-order valence-corrected chi connectivity index (χ2v) is 6.46. The molecule has 0 aromatic heterocycles. The molecule has 0 unspecified atom stereocenters. The lowest BCUT2D eigenvalue weighted by Crippen LogP contribution is -2.51. The van der Waals surface area contributed by atoms with E-state index in [0.29, 0.717) is 56.5 Å². The van der Waals surface area contributed by atoms with Crippen molar-refractivity contribution in [3.63, 3.8) is 0 Å². The van der Waals surface area contributed by atoms with E-state index >= 15 is 0 Å². The van der Waals surface area contributed by atoms with Crippen LogP contribution in [-0.2, 0) is 4.79 Å². The fourth-order valence-corrected chi connectivity index (χ4v) is 2.91. The first-order valence-corrected chi connectivity index (χ1v) is 8.57. The minimum atomic E-state index is -0.0998. The molecule has 6 nitrogen and oxygen atoms in total. The number of amides is 3. The maximum absolute atomic E-state index is 12.0. The van der Waals surface area contributed by atoms with Crippen LogP contribution in [-0.4, -0.2) is 61.6 Å².